The van der Waals surface area contributed by atoms with Crippen LogP contribution >= 0.6 is 0 Å². The van der Waals surface area contributed by atoms with Crippen molar-refractivity contribution in [1.29, 1.82) is 0 Å². The van der Waals surface area contributed by atoms with Crippen LogP contribution in [0.25, 0.3) is 0 Å². The van der Waals surface area contributed by atoms with Crippen LogP contribution in [0.5, 0.6) is 0 Å². The van der Waals surface area contributed by atoms with E-state index < -0.39 is 0 Å². The molecule has 0 saturated heterocycles. The molecular weight excluding hydrogens is 160 g/mol. The molecule has 0 amide bonds. The van der Waals surface area contributed by atoms with E-state index in [4.69, 9.17) is 0 Å². The Hall–Kier alpha value is -1.02. The molecule has 2 nitrogen and oxygen atoms in total. The number of para-hydroxylation sites is 1. The first-order chi connectivity index (χ1) is 6.29. The van der Waals surface area contributed by atoms with Crippen LogP contribution in [0.1, 0.15) is 12.5 Å². The number of likely N-dealkylation sites (N-methyl/N-ethyl adjacent to an activating group) is 1. The van der Waals surface area contributed by atoms with Gasteiger partial charge in [0.25, 0.3) is 0 Å². The first-order valence-corrected chi connectivity index (χ1v) is 4.89. The minimum absolute atomic E-state index is 0.960. The summed E-state index contributed by atoms with van der Waals surface area (Å²) in [5, 5.41) is 0. The summed E-state index contributed by atoms with van der Waals surface area (Å²) in [5.41, 5.74) is 6.57. The van der Waals surface area contributed by atoms with Gasteiger partial charge in [-0.1, -0.05) is 18.2 Å². The number of quaternary nitrogens is 1. The van der Waals surface area contributed by atoms with Crippen LogP contribution in [-0.2, 0) is 0 Å². The van der Waals surface area contributed by atoms with Gasteiger partial charge in [-0.25, -0.2) is 0 Å². The maximum absolute atomic E-state index is 3.89. The summed E-state index contributed by atoms with van der Waals surface area (Å²) < 4.78 is 0. The van der Waals surface area contributed by atoms with Crippen LogP contribution in [0.15, 0.2) is 24.3 Å². The second-order valence-electron chi connectivity index (χ2n) is 3.22. The normalized spacial score (nSPS) is 10.1. The summed E-state index contributed by atoms with van der Waals surface area (Å²) in [6.45, 7) is 7.40. The lowest BCUT2D eigenvalue weighted by molar-refractivity contribution is -0.363. The number of aryl methyl sites for hydroxylation is 1. The molecule has 0 unspecified atom stereocenters. The van der Waals surface area contributed by atoms with Crippen LogP contribution in [0.3, 0.4) is 0 Å². The lowest BCUT2D eigenvalue weighted by Crippen LogP contribution is -2.55. The third kappa shape index (κ3) is 2.46. The van der Waals surface area contributed by atoms with E-state index in [1.807, 2.05) is 0 Å². The van der Waals surface area contributed by atoms with Crippen molar-refractivity contribution in [2.75, 3.05) is 24.5 Å². The van der Waals surface area contributed by atoms with Crippen LogP contribution < -0.4 is 10.6 Å². The number of rotatable bonds is 4. The van der Waals surface area contributed by atoms with Crippen LogP contribution in [0, 0.1) is 6.92 Å². The maximum Gasteiger partial charge on any atom is 0.0917 e. The van der Waals surface area contributed by atoms with Crippen LogP contribution in [0.2, 0.25) is 0 Å². The van der Waals surface area contributed by atoms with Crippen LogP contribution in [0.4, 0.5) is 5.69 Å². The first kappa shape index (κ1) is 10.1. The van der Waals surface area contributed by atoms with E-state index in [0.717, 1.165) is 19.6 Å². The van der Waals surface area contributed by atoms with Crippen molar-refractivity contribution in [1.82, 2.24) is 0 Å². The smallest absolute Gasteiger partial charge is 0.0917 e. The molecule has 13 heavy (non-hydrogen) atoms. The van der Waals surface area contributed by atoms with Gasteiger partial charge in [-0.05, 0) is 25.5 Å². The predicted octanol–water partition coefficient (Wildman–Crippen LogP) is 1.06. The van der Waals surface area contributed by atoms with Crippen molar-refractivity contribution in [3.05, 3.63) is 29.8 Å². The topological polar surface area (TPSA) is 30.9 Å². The summed E-state index contributed by atoms with van der Waals surface area (Å²) in [7, 11) is 0. The molecule has 72 valence electrons. The first-order valence-electron chi connectivity index (χ1n) is 4.89. The zero-order chi connectivity index (χ0) is 9.68. The summed E-state index contributed by atoms with van der Waals surface area (Å²) in [5.74, 6) is 0. The van der Waals surface area contributed by atoms with Gasteiger partial charge in [0.1, 0.15) is 0 Å². The highest BCUT2D eigenvalue weighted by Gasteiger charge is 2.05. The maximum atomic E-state index is 3.89. The van der Waals surface area contributed by atoms with E-state index >= 15 is 0 Å². The van der Waals surface area contributed by atoms with Gasteiger partial charge in [0, 0.05) is 12.2 Å². The standard InChI is InChI=1S/C11H18N2/c1-3-13(9-8-12)11-7-5-4-6-10(11)2/h4-7H,3,8-9,12H2,1-2H3/p+1. The average molecular weight is 179 g/mol. The van der Waals surface area contributed by atoms with Crippen molar-refractivity contribution < 1.29 is 5.73 Å². The van der Waals surface area contributed by atoms with Crippen LogP contribution in [-0.4, -0.2) is 19.6 Å². The van der Waals surface area contributed by atoms with E-state index in [2.05, 4.69) is 48.7 Å². The second kappa shape index (κ2) is 4.87. The van der Waals surface area contributed by atoms with E-state index in [-0.39, 0.29) is 0 Å². The van der Waals surface area contributed by atoms with E-state index in [1.165, 1.54) is 11.3 Å². The molecular formula is C11H19N2+. The minimum Gasteiger partial charge on any atom is -0.366 e. The molecule has 0 atom stereocenters. The zero-order valence-corrected chi connectivity index (χ0v) is 8.59. The molecule has 0 fully saturated rings. The lowest BCUT2D eigenvalue weighted by atomic mass is 10.2. The Bertz CT molecular complexity index is 258. The third-order valence-corrected chi connectivity index (χ3v) is 2.27. The molecule has 0 aliphatic carbocycles. The highest BCUT2D eigenvalue weighted by atomic mass is 15.1. The highest BCUT2D eigenvalue weighted by molar-refractivity contribution is 5.52. The summed E-state index contributed by atoms with van der Waals surface area (Å²) in [4.78, 5) is 2.36. The highest BCUT2D eigenvalue weighted by Crippen LogP contribution is 2.18. The van der Waals surface area contributed by atoms with Gasteiger partial charge in [-0.15, -0.1) is 0 Å². The summed E-state index contributed by atoms with van der Waals surface area (Å²) in [6.07, 6.45) is 0. The van der Waals surface area contributed by atoms with Gasteiger partial charge in [-0.3, -0.25) is 0 Å². The lowest BCUT2D eigenvalue weighted by Gasteiger charge is -2.23. The molecule has 0 radical (unpaired) electrons. The Kier molecular flexibility index (Phi) is 3.77. The van der Waals surface area contributed by atoms with Gasteiger partial charge in [-0.2, -0.15) is 0 Å². The Morgan fingerprint density at radius 3 is 2.54 bits per heavy atom. The molecule has 0 spiro atoms. The van der Waals surface area contributed by atoms with Crippen molar-refractivity contribution in [3.63, 3.8) is 0 Å². The third-order valence-electron chi connectivity index (χ3n) is 2.27. The Morgan fingerprint density at radius 1 is 1.31 bits per heavy atom. The van der Waals surface area contributed by atoms with Crippen molar-refractivity contribution in [2.45, 2.75) is 13.8 Å². The number of nitrogens with zero attached hydrogens (tertiary/aromatic N) is 1. The van der Waals surface area contributed by atoms with Gasteiger partial charge < -0.3 is 10.6 Å². The zero-order valence-electron chi connectivity index (χ0n) is 8.59. The average Bonchev–Trinajstić information content (AvgIpc) is 2.16. The molecule has 3 N–H and O–H groups in total. The quantitative estimate of drug-likeness (QED) is 0.736. The second-order valence-corrected chi connectivity index (χ2v) is 3.22. The molecule has 0 aliphatic heterocycles. The predicted molar refractivity (Wildman–Crippen MR) is 56.8 cm³/mol. The number of anilines is 1. The van der Waals surface area contributed by atoms with Crippen molar-refractivity contribution in [3.8, 4) is 0 Å². The number of benzene rings is 1. The molecule has 2 heteroatoms. The molecule has 0 bridgehead atoms. The van der Waals surface area contributed by atoms with E-state index in [1.54, 1.807) is 0 Å². The van der Waals surface area contributed by atoms with E-state index in [9.17, 15) is 0 Å². The molecule has 0 saturated carbocycles. The minimum atomic E-state index is 0.960. The molecule has 1 aromatic rings. The monoisotopic (exact) mass is 179 g/mol. The molecule has 0 aliphatic rings. The summed E-state index contributed by atoms with van der Waals surface area (Å²) >= 11 is 0. The fraction of sp³-hybridized carbons (Fsp3) is 0.455. The molecule has 1 rings (SSSR count). The van der Waals surface area contributed by atoms with Gasteiger partial charge in [0.05, 0.1) is 13.1 Å². The van der Waals surface area contributed by atoms with E-state index in [0.29, 0.717) is 0 Å². The number of hydrogen-bond donors (Lipinski definition) is 1. The Labute approximate surface area is 80.4 Å². The Balaban J connectivity index is 2.84. The summed E-state index contributed by atoms with van der Waals surface area (Å²) in [6, 6.07) is 8.50. The Morgan fingerprint density at radius 2 is 2.00 bits per heavy atom. The van der Waals surface area contributed by atoms with Crippen molar-refractivity contribution >= 4 is 5.69 Å². The molecule has 0 heterocycles. The molecule has 1 aromatic carbocycles. The van der Waals surface area contributed by atoms with Gasteiger partial charge in [0.15, 0.2) is 0 Å². The fourth-order valence-electron chi connectivity index (χ4n) is 1.56. The van der Waals surface area contributed by atoms with Gasteiger partial charge >= 0.3 is 0 Å². The number of hydrogen-bond acceptors (Lipinski definition) is 1. The van der Waals surface area contributed by atoms with Gasteiger partial charge in [0.2, 0.25) is 0 Å². The fourth-order valence-corrected chi connectivity index (χ4v) is 1.56. The largest absolute Gasteiger partial charge is 0.366 e. The SMILES string of the molecule is CCN(CC[NH3+])c1ccccc1C. The van der Waals surface area contributed by atoms with Crippen molar-refractivity contribution in [2.24, 2.45) is 0 Å². The molecule has 0 aromatic heterocycles.